The number of aryl methyl sites for hydroxylation is 2. The summed E-state index contributed by atoms with van der Waals surface area (Å²) in [5.74, 6) is -1.67. The molecule has 0 bridgehead atoms. The Balaban J connectivity index is 2.56. The fourth-order valence-corrected chi connectivity index (χ4v) is 1.37. The van der Waals surface area contributed by atoms with E-state index in [-0.39, 0.29) is 12.8 Å². The van der Waals surface area contributed by atoms with Gasteiger partial charge in [0.25, 0.3) is 0 Å². The smallest absolute Gasteiger partial charge is 0.303 e. The first-order valence-corrected chi connectivity index (χ1v) is 5.00. The molecule has 0 saturated heterocycles. The molecular formula is C12H13O4. The molecule has 0 heterocycles. The Morgan fingerprint density at radius 3 is 1.81 bits per heavy atom. The molecule has 0 fully saturated rings. The van der Waals surface area contributed by atoms with E-state index in [4.69, 9.17) is 10.2 Å². The van der Waals surface area contributed by atoms with E-state index in [0.717, 1.165) is 11.1 Å². The van der Waals surface area contributed by atoms with E-state index in [0.29, 0.717) is 12.8 Å². The van der Waals surface area contributed by atoms with Gasteiger partial charge in [-0.1, -0.05) is 18.2 Å². The van der Waals surface area contributed by atoms with E-state index < -0.39 is 11.9 Å². The third-order valence-electron chi connectivity index (χ3n) is 2.16. The predicted octanol–water partition coefficient (Wildman–Crippen LogP) is 1.52. The Morgan fingerprint density at radius 2 is 1.44 bits per heavy atom. The second-order valence-electron chi connectivity index (χ2n) is 3.54. The molecule has 0 atom stereocenters. The summed E-state index contributed by atoms with van der Waals surface area (Å²) in [6, 6.07) is 8.19. The van der Waals surface area contributed by atoms with E-state index in [9.17, 15) is 9.59 Å². The molecule has 4 nitrogen and oxygen atoms in total. The molecule has 16 heavy (non-hydrogen) atoms. The van der Waals surface area contributed by atoms with Crippen LogP contribution in [0.4, 0.5) is 0 Å². The highest BCUT2D eigenvalue weighted by Crippen LogP contribution is 2.09. The first-order valence-electron chi connectivity index (χ1n) is 5.00. The van der Waals surface area contributed by atoms with Crippen molar-refractivity contribution in [3.05, 3.63) is 35.4 Å². The van der Waals surface area contributed by atoms with Gasteiger partial charge >= 0.3 is 11.9 Å². The molecule has 0 unspecified atom stereocenters. The summed E-state index contributed by atoms with van der Waals surface area (Å²) in [6.45, 7) is 0. The summed E-state index contributed by atoms with van der Waals surface area (Å²) in [7, 11) is 0. The van der Waals surface area contributed by atoms with E-state index in [1.54, 1.807) is 12.1 Å². The molecule has 0 aliphatic rings. The Kier molecular flexibility index (Phi) is 4.51. The molecule has 0 spiro atoms. The Morgan fingerprint density at radius 1 is 1.00 bits per heavy atom. The molecule has 0 saturated carbocycles. The highest BCUT2D eigenvalue weighted by molar-refractivity contribution is 5.67. The van der Waals surface area contributed by atoms with E-state index in [1.165, 1.54) is 0 Å². The van der Waals surface area contributed by atoms with Gasteiger partial charge in [-0.05, 0) is 30.0 Å². The lowest BCUT2D eigenvalue weighted by atomic mass is 10.0. The number of hydrogen-bond donors (Lipinski definition) is 2. The molecule has 1 rings (SSSR count). The van der Waals surface area contributed by atoms with Crippen LogP contribution < -0.4 is 0 Å². The van der Waals surface area contributed by atoms with Gasteiger partial charge in [0.15, 0.2) is 0 Å². The van der Waals surface area contributed by atoms with Crippen LogP contribution in [-0.4, -0.2) is 22.2 Å². The predicted molar refractivity (Wildman–Crippen MR) is 57.2 cm³/mol. The number of benzene rings is 1. The summed E-state index contributed by atoms with van der Waals surface area (Å²) < 4.78 is 0. The lowest BCUT2D eigenvalue weighted by molar-refractivity contribution is -0.137. The average Bonchev–Trinajstić information content (AvgIpc) is 2.24. The normalized spacial score (nSPS) is 10.0. The standard InChI is InChI=1S/C12H13O4/c13-11(14)6-4-9-2-1-3-10(8-9)5-7-12(15)16/h2-3,8H,4-7H2,(H,13,14)(H,15,16). The second-order valence-corrected chi connectivity index (χ2v) is 3.54. The zero-order valence-corrected chi connectivity index (χ0v) is 8.77. The quantitative estimate of drug-likeness (QED) is 0.763. The zero-order chi connectivity index (χ0) is 12.0. The van der Waals surface area contributed by atoms with Crippen LogP contribution in [0.2, 0.25) is 0 Å². The molecule has 1 radical (unpaired) electrons. The van der Waals surface area contributed by atoms with Gasteiger partial charge in [0.1, 0.15) is 0 Å². The fourth-order valence-electron chi connectivity index (χ4n) is 1.37. The Hall–Kier alpha value is -1.84. The van der Waals surface area contributed by atoms with Crippen molar-refractivity contribution in [1.82, 2.24) is 0 Å². The van der Waals surface area contributed by atoms with Gasteiger partial charge in [-0.15, -0.1) is 0 Å². The molecule has 0 aliphatic carbocycles. The van der Waals surface area contributed by atoms with Gasteiger partial charge in [-0.25, -0.2) is 0 Å². The average molecular weight is 221 g/mol. The number of carboxylic acid groups (broad SMARTS) is 2. The minimum Gasteiger partial charge on any atom is -0.481 e. The Bertz CT molecular complexity index is 351. The summed E-state index contributed by atoms with van der Waals surface area (Å²) in [6.07, 6.45) is 1.06. The van der Waals surface area contributed by atoms with Gasteiger partial charge in [-0.2, -0.15) is 0 Å². The third kappa shape index (κ3) is 4.59. The molecule has 4 heteroatoms. The topological polar surface area (TPSA) is 74.6 Å². The largest absolute Gasteiger partial charge is 0.481 e. The van der Waals surface area contributed by atoms with Crippen LogP contribution in [0.25, 0.3) is 0 Å². The van der Waals surface area contributed by atoms with E-state index in [1.807, 2.05) is 6.07 Å². The lowest BCUT2D eigenvalue weighted by Crippen LogP contribution is -2.00. The SMILES string of the molecule is O=C(O)CCc1c[c]cc(CCC(=O)O)c1. The van der Waals surface area contributed by atoms with Crippen molar-refractivity contribution in [2.45, 2.75) is 25.7 Å². The van der Waals surface area contributed by atoms with Crippen molar-refractivity contribution in [2.75, 3.05) is 0 Å². The molecule has 2 N–H and O–H groups in total. The van der Waals surface area contributed by atoms with Gasteiger partial charge in [-0.3, -0.25) is 9.59 Å². The van der Waals surface area contributed by atoms with Crippen LogP contribution in [0, 0.1) is 6.07 Å². The molecule has 0 aliphatic heterocycles. The van der Waals surface area contributed by atoms with Crippen molar-refractivity contribution >= 4 is 11.9 Å². The Labute approximate surface area is 93.5 Å². The van der Waals surface area contributed by atoms with Crippen molar-refractivity contribution in [2.24, 2.45) is 0 Å². The van der Waals surface area contributed by atoms with Gasteiger partial charge in [0.2, 0.25) is 0 Å². The minimum absolute atomic E-state index is 0.0796. The number of rotatable bonds is 6. The summed E-state index contributed by atoms with van der Waals surface area (Å²) in [4.78, 5) is 20.8. The van der Waals surface area contributed by atoms with Crippen LogP contribution in [0.5, 0.6) is 0 Å². The molecule has 85 valence electrons. The highest BCUT2D eigenvalue weighted by atomic mass is 16.4. The summed E-state index contributed by atoms with van der Waals surface area (Å²) >= 11 is 0. The fraction of sp³-hybridized carbons (Fsp3) is 0.333. The second kappa shape index (κ2) is 5.90. The lowest BCUT2D eigenvalue weighted by Gasteiger charge is -2.02. The monoisotopic (exact) mass is 221 g/mol. The van der Waals surface area contributed by atoms with Crippen molar-refractivity contribution in [1.29, 1.82) is 0 Å². The molecular weight excluding hydrogens is 208 g/mol. The molecule has 1 aromatic carbocycles. The maximum atomic E-state index is 10.4. The number of aliphatic carboxylic acids is 2. The summed E-state index contributed by atoms with van der Waals surface area (Å²) in [5.41, 5.74) is 1.76. The first kappa shape index (κ1) is 12.2. The molecule has 0 amide bonds. The summed E-state index contributed by atoms with van der Waals surface area (Å²) in [5, 5.41) is 17.1. The maximum absolute atomic E-state index is 10.4. The van der Waals surface area contributed by atoms with Gasteiger partial charge in [0.05, 0.1) is 0 Å². The number of carboxylic acids is 2. The van der Waals surface area contributed by atoms with Crippen molar-refractivity contribution < 1.29 is 19.8 Å². The highest BCUT2D eigenvalue weighted by Gasteiger charge is 2.02. The van der Waals surface area contributed by atoms with Gasteiger partial charge < -0.3 is 10.2 Å². The van der Waals surface area contributed by atoms with Crippen molar-refractivity contribution in [3.8, 4) is 0 Å². The molecule has 0 aromatic heterocycles. The zero-order valence-electron chi connectivity index (χ0n) is 8.77. The van der Waals surface area contributed by atoms with Crippen LogP contribution in [0.1, 0.15) is 24.0 Å². The number of hydrogen-bond acceptors (Lipinski definition) is 2. The van der Waals surface area contributed by atoms with E-state index in [2.05, 4.69) is 6.07 Å². The van der Waals surface area contributed by atoms with Crippen LogP contribution >= 0.6 is 0 Å². The minimum atomic E-state index is -0.837. The van der Waals surface area contributed by atoms with Crippen molar-refractivity contribution in [3.63, 3.8) is 0 Å². The van der Waals surface area contributed by atoms with Crippen LogP contribution in [0.3, 0.4) is 0 Å². The molecule has 1 aromatic rings. The van der Waals surface area contributed by atoms with Gasteiger partial charge in [0, 0.05) is 12.8 Å². The number of carbonyl (C=O) groups is 2. The van der Waals surface area contributed by atoms with Crippen LogP contribution in [-0.2, 0) is 22.4 Å². The van der Waals surface area contributed by atoms with Crippen LogP contribution in [0.15, 0.2) is 18.2 Å². The third-order valence-corrected chi connectivity index (χ3v) is 2.16. The first-order chi connectivity index (χ1) is 7.58. The maximum Gasteiger partial charge on any atom is 0.303 e. The van der Waals surface area contributed by atoms with E-state index >= 15 is 0 Å².